The summed E-state index contributed by atoms with van der Waals surface area (Å²) >= 11 is 0. The lowest BCUT2D eigenvalue weighted by Gasteiger charge is -2.44. The van der Waals surface area contributed by atoms with Gasteiger partial charge in [-0.15, -0.1) is 0 Å². The van der Waals surface area contributed by atoms with Crippen LogP contribution >= 0.6 is 0 Å². The number of carbonyl (C=O) groups excluding carboxylic acids is 2. The third-order valence-corrected chi connectivity index (χ3v) is 8.23. The molecule has 0 bridgehead atoms. The van der Waals surface area contributed by atoms with E-state index in [2.05, 4.69) is 73.9 Å². The minimum absolute atomic E-state index is 0.0978. The highest BCUT2D eigenvalue weighted by molar-refractivity contribution is 6.02. The SMILES string of the molecule is CCOC(=O)CCN1C(=O)c2ccccc2C12c1ccc(N(CC)CC)cc1Oc1cc(N(CC)CC)ccc12. The molecule has 0 fully saturated rings. The van der Waals surface area contributed by atoms with E-state index in [1.807, 2.05) is 29.2 Å². The molecule has 1 amide bonds. The monoisotopic (exact) mass is 541 g/mol. The number of nitrogens with zero attached hydrogens (tertiary/aromatic N) is 3. The predicted octanol–water partition coefficient (Wildman–Crippen LogP) is 6.19. The largest absolute Gasteiger partial charge is 0.466 e. The zero-order chi connectivity index (χ0) is 28.4. The van der Waals surface area contributed by atoms with Crippen LogP contribution in [0.1, 0.15) is 68.1 Å². The third kappa shape index (κ3) is 4.28. The van der Waals surface area contributed by atoms with E-state index in [4.69, 9.17) is 9.47 Å². The van der Waals surface area contributed by atoms with Crippen molar-refractivity contribution in [2.24, 2.45) is 0 Å². The van der Waals surface area contributed by atoms with Gasteiger partial charge in [-0.1, -0.05) is 30.3 Å². The number of hydrogen-bond acceptors (Lipinski definition) is 6. The average Bonchev–Trinajstić information content (AvgIpc) is 3.21. The van der Waals surface area contributed by atoms with Crippen molar-refractivity contribution in [3.8, 4) is 11.5 Å². The Balaban J connectivity index is 1.78. The van der Waals surface area contributed by atoms with Gasteiger partial charge >= 0.3 is 5.97 Å². The lowest BCUT2D eigenvalue weighted by molar-refractivity contribution is -0.143. The zero-order valence-corrected chi connectivity index (χ0v) is 24.2. The van der Waals surface area contributed by atoms with Crippen molar-refractivity contribution in [2.45, 2.75) is 46.6 Å². The van der Waals surface area contributed by atoms with Gasteiger partial charge < -0.3 is 24.2 Å². The second kappa shape index (κ2) is 11.2. The average molecular weight is 542 g/mol. The van der Waals surface area contributed by atoms with Crippen molar-refractivity contribution < 1.29 is 19.1 Å². The van der Waals surface area contributed by atoms with Crippen molar-refractivity contribution in [3.63, 3.8) is 0 Å². The number of benzene rings is 3. The van der Waals surface area contributed by atoms with Crippen molar-refractivity contribution in [1.29, 1.82) is 0 Å². The minimum atomic E-state index is -0.938. The number of hydrogen-bond donors (Lipinski definition) is 0. The predicted molar refractivity (Wildman–Crippen MR) is 159 cm³/mol. The fraction of sp³-hybridized carbons (Fsp3) is 0.394. The van der Waals surface area contributed by atoms with E-state index < -0.39 is 5.54 Å². The molecule has 7 nitrogen and oxygen atoms in total. The normalized spacial score (nSPS) is 14.3. The van der Waals surface area contributed by atoms with Crippen LogP contribution in [-0.4, -0.2) is 56.1 Å². The lowest BCUT2D eigenvalue weighted by Crippen LogP contribution is -2.48. The zero-order valence-electron chi connectivity index (χ0n) is 24.2. The first-order chi connectivity index (χ1) is 19.4. The van der Waals surface area contributed by atoms with E-state index >= 15 is 0 Å². The van der Waals surface area contributed by atoms with Crippen LogP contribution in [-0.2, 0) is 15.1 Å². The van der Waals surface area contributed by atoms with Gasteiger partial charge in [-0.2, -0.15) is 0 Å². The highest BCUT2D eigenvalue weighted by atomic mass is 16.5. The van der Waals surface area contributed by atoms with E-state index in [1.54, 1.807) is 6.92 Å². The summed E-state index contributed by atoms with van der Waals surface area (Å²) in [5.41, 5.74) is 4.54. The van der Waals surface area contributed by atoms with Crippen LogP contribution in [0.25, 0.3) is 0 Å². The molecule has 2 aliphatic heterocycles. The van der Waals surface area contributed by atoms with Gasteiger partial charge in [-0.05, 0) is 58.4 Å². The first-order valence-electron chi connectivity index (χ1n) is 14.5. The summed E-state index contributed by atoms with van der Waals surface area (Å²) in [4.78, 5) is 33.0. The summed E-state index contributed by atoms with van der Waals surface area (Å²) in [5.74, 6) is 1.03. The van der Waals surface area contributed by atoms with E-state index in [0.29, 0.717) is 12.2 Å². The molecule has 210 valence electrons. The molecule has 0 N–H and O–H groups in total. The summed E-state index contributed by atoms with van der Waals surface area (Å²) in [6.45, 7) is 14.4. The van der Waals surface area contributed by atoms with Gasteiger partial charge in [0.1, 0.15) is 17.0 Å². The minimum Gasteiger partial charge on any atom is -0.466 e. The quantitative estimate of drug-likeness (QED) is 0.286. The van der Waals surface area contributed by atoms with Crippen molar-refractivity contribution in [3.05, 3.63) is 82.9 Å². The van der Waals surface area contributed by atoms with E-state index in [1.165, 1.54) is 0 Å². The van der Waals surface area contributed by atoms with Crippen LogP contribution in [0.3, 0.4) is 0 Å². The van der Waals surface area contributed by atoms with E-state index in [0.717, 1.165) is 65.7 Å². The van der Waals surface area contributed by atoms with Crippen LogP contribution in [0.15, 0.2) is 60.7 Å². The van der Waals surface area contributed by atoms with Gasteiger partial charge in [0, 0.05) is 72.9 Å². The molecule has 7 heteroatoms. The second-order valence-electron chi connectivity index (χ2n) is 10.1. The molecular formula is C33H39N3O4. The molecule has 0 saturated carbocycles. The fourth-order valence-corrected chi connectivity index (χ4v) is 6.34. The van der Waals surface area contributed by atoms with Crippen LogP contribution < -0.4 is 14.5 Å². The number of rotatable bonds is 10. The summed E-state index contributed by atoms with van der Waals surface area (Å²) in [7, 11) is 0. The van der Waals surface area contributed by atoms with E-state index in [-0.39, 0.29) is 24.8 Å². The maximum atomic E-state index is 14.1. The number of fused-ring (bicyclic) bond motifs is 6. The van der Waals surface area contributed by atoms with E-state index in [9.17, 15) is 9.59 Å². The van der Waals surface area contributed by atoms with Gasteiger partial charge in [0.2, 0.25) is 0 Å². The number of anilines is 2. The number of esters is 1. The molecule has 0 saturated heterocycles. The summed E-state index contributed by atoms with van der Waals surface area (Å²) < 4.78 is 12.0. The summed E-state index contributed by atoms with van der Waals surface area (Å²) in [5, 5.41) is 0. The fourth-order valence-electron chi connectivity index (χ4n) is 6.34. The molecule has 0 radical (unpaired) electrons. The lowest BCUT2D eigenvalue weighted by atomic mass is 9.74. The Morgan fingerprint density at radius 2 is 1.35 bits per heavy atom. The first kappa shape index (κ1) is 27.6. The maximum absolute atomic E-state index is 14.1. The third-order valence-electron chi connectivity index (χ3n) is 8.23. The van der Waals surface area contributed by atoms with Gasteiger partial charge in [0.15, 0.2) is 0 Å². The molecule has 3 aromatic carbocycles. The Bertz CT molecular complexity index is 1350. The standard InChI is InChI=1S/C33H39N3O4/c1-6-34(7-2)23-15-17-27-29(21-23)40-30-22-24(35(8-3)9-4)16-18-28(30)33(27)26-14-12-11-13-25(26)32(38)36(33)20-19-31(37)39-10-5/h11-18,21-22H,6-10,19-20H2,1-5H3. The molecule has 0 unspecified atom stereocenters. The van der Waals surface area contributed by atoms with Crippen molar-refractivity contribution in [1.82, 2.24) is 4.90 Å². The van der Waals surface area contributed by atoms with Crippen LogP contribution in [0.5, 0.6) is 11.5 Å². The maximum Gasteiger partial charge on any atom is 0.307 e. The van der Waals surface area contributed by atoms with Crippen LogP contribution in [0.4, 0.5) is 11.4 Å². The molecule has 40 heavy (non-hydrogen) atoms. The molecule has 0 aromatic heterocycles. The highest BCUT2D eigenvalue weighted by Crippen LogP contribution is 2.58. The van der Waals surface area contributed by atoms with Gasteiger partial charge in [-0.3, -0.25) is 9.59 Å². The Morgan fingerprint density at radius 3 is 1.88 bits per heavy atom. The Morgan fingerprint density at radius 1 is 0.800 bits per heavy atom. The molecule has 2 aliphatic rings. The topological polar surface area (TPSA) is 62.3 Å². The molecule has 0 atom stereocenters. The summed E-state index contributed by atoms with van der Waals surface area (Å²) in [6, 6.07) is 20.4. The smallest absolute Gasteiger partial charge is 0.307 e. The van der Waals surface area contributed by atoms with Crippen molar-refractivity contribution >= 4 is 23.3 Å². The summed E-state index contributed by atoms with van der Waals surface area (Å²) in [6.07, 6.45) is 0.107. The molecule has 5 rings (SSSR count). The highest BCUT2D eigenvalue weighted by Gasteiger charge is 2.56. The van der Waals surface area contributed by atoms with Crippen LogP contribution in [0.2, 0.25) is 0 Å². The molecular weight excluding hydrogens is 502 g/mol. The van der Waals surface area contributed by atoms with Crippen molar-refractivity contribution in [2.75, 3.05) is 49.1 Å². The number of carbonyl (C=O) groups is 2. The number of amides is 1. The Hall–Kier alpha value is -4.00. The molecule has 2 heterocycles. The van der Waals surface area contributed by atoms with Crippen LogP contribution in [0, 0.1) is 0 Å². The number of ether oxygens (including phenoxy) is 2. The second-order valence-corrected chi connectivity index (χ2v) is 10.1. The Kier molecular flexibility index (Phi) is 7.74. The first-order valence-corrected chi connectivity index (χ1v) is 14.5. The Labute approximate surface area is 237 Å². The van der Waals surface area contributed by atoms with Gasteiger partial charge in [0.05, 0.1) is 13.0 Å². The molecule has 1 spiro atoms. The molecule has 0 aliphatic carbocycles. The van der Waals surface area contributed by atoms with Gasteiger partial charge in [0.25, 0.3) is 5.91 Å². The molecule has 3 aromatic rings. The van der Waals surface area contributed by atoms with Gasteiger partial charge in [-0.25, -0.2) is 0 Å².